The second-order valence-electron chi connectivity index (χ2n) is 5.50. The Kier molecular flexibility index (Phi) is 6.09. The van der Waals surface area contributed by atoms with Crippen molar-refractivity contribution in [3.63, 3.8) is 0 Å². The number of halogens is 2. The Bertz CT molecular complexity index is 764. The summed E-state index contributed by atoms with van der Waals surface area (Å²) in [7, 11) is 0. The quantitative estimate of drug-likeness (QED) is 0.838. The van der Waals surface area contributed by atoms with Crippen molar-refractivity contribution < 1.29 is 14.0 Å². The maximum Gasteiger partial charge on any atom is 0.244 e. The van der Waals surface area contributed by atoms with Crippen LogP contribution in [0.15, 0.2) is 46.9 Å². The lowest BCUT2D eigenvalue weighted by atomic mass is 10.2. The molecule has 2 rings (SSSR count). The molecule has 2 amide bonds. The molecule has 126 valence electrons. The monoisotopic (exact) mass is 392 g/mol. The van der Waals surface area contributed by atoms with Crippen LogP contribution in [0.3, 0.4) is 0 Å². The van der Waals surface area contributed by atoms with Gasteiger partial charge in [-0.15, -0.1) is 0 Å². The number of hydrogen-bond donors (Lipinski definition) is 1. The zero-order valence-electron chi connectivity index (χ0n) is 13.5. The van der Waals surface area contributed by atoms with Crippen LogP contribution in [0.5, 0.6) is 0 Å². The molecule has 0 atom stereocenters. The van der Waals surface area contributed by atoms with E-state index in [-0.39, 0.29) is 24.9 Å². The number of rotatable bonds is 5. The molecule has 0 unspecified atom stereocenters. The molecule has 2 aromatic rings. The van der Waals surface area contributed by atoms with Crippen LogP contribution in [0.2, 0.25) is 0 Å². The van der Waals surface area contributed by atoms with Gasteiger partial charge in [-0.2, -0.15) is 0 Å². The lowest BCUT2D eigenvalue weighted by Gasteiger charge is -2.21. The van der Waals surface area contributed by atoms with E-state index in [1.54, 1.807) is 24.3 Å². The molecule has 0 aliphatic heterocycles. The topological polar surface area (TPSA) is 49.4 Å². The van der Waals surface area contributed by atoms with Gasteiger partial charge < -0.3 is 10.2 Å². The number of nitrogens with one attached hydrogen (secondary N) is 1. The van der Waals surface area contributed by atoms with Crippen molar-refractivity contribution in [2.75, 3.05) is 11.9 Å². The third-order valence-electron chi connectivity index (χ3n) is 3.50. The Morgan fingerprint density at radius 2 is 1.92 bits per heavy atom. The summed E-state index contributed by atoms with van der Waals surface area (Å²) >= 11 is 3.39. The molecule has 0 bridgehead atoms. The van der Waals surface area contributed by atoms with E-state index in [0.717, 1.165) is 10.0 Å². The minimum atomic E-state index is -0.398. The van der Waals surface area contributed by atoms with Gasteiger partial charge in [0.05, 0.1) is 5.69 Å². The predicted octanol–water partition coefficient (Wildman–Crippen LogP) is 3.88. The van der Waals surface area contributed by atoms with Crippen molar-refractivity contribution in [3.05, 3.63) is 63.9 Å². The first kappa shape index (κ1) is 18.1. The van der Waals surface area contributed by atoms with Crippen LogP contribution >= 0.6 is 15.9 Å². The van der Waals surface area contributed by atoms with E-state index in [9.17, 15) is 14.0 Å². The van der Waals surface area contributed by atoms with Gasteiger partial charge in [0, 0.05) is 23.5 Å². The highest BCUT2D eigenvalue weighted by atomic mass is 79.9. The summed E-state index contributed by atoms with van der Waals surface area (Å²) in [6, 6.07) is 11.8. The molecule has 0 saturated heterocycles. The molecule has 0 heterocycles. The molecule has 0 aliphatic rings. The Hall–Kier alpha value is -2.21. The SMILES string of the molecule is CC(=O)N(CC(=O)Nc1ccc(C)cc1Br)Cc1ccccc1F. The normalized spacial score (nSPS) is 10.3. The highest BCUT2D eigenvalue weighted by Crippen LogP contribution is 2.23. The van der Waals surface area contributed by atoms with Crippen molar-refractivity contribution >= 4 is 33.4 Å². The molecule has 4 nitrogen and oxygen atoms in total. The lowest BCUT2D eigenvalue weighted by Crippen LogP contribution is -2.36. The first-order valence-corrected chi connectivity index (χ1v) is 8.21. The fourth-order valence-electron chi connectivity index (χ4n) is 2.20. The van der Waals surface area contributed by atoms with E-state index in [4.69, 9.17) is 0 Å². The molecular weight excluding hydrogens is 375 g/mol. The zero-order chi connectivity index (χ0) is 17.7. The Labute approximate surface area is 148 Å². The van der Waals surface area contributed by atoms with E-state index in [0.29, 0.717) is 11.3 Å². The highest BCUT2D eigenvalue weighted by Gasteiger charge is 2.16. The third-order valence-corrected chi connectivity index (χ3v) is 4.15. The number of amides is 2. The number of benzene rings is 2. The lowest BCUT2D eigenvalue weighted by molar-refractivity contribution is -0.133. The average Bonchev–Trinajstić information content (AvgIpc) is 2.51. The fraction of sp³-hybridized carbons (Fsp3) is 0.222. The smallest absolute Gasteiger partial charge is 0.244 e. The van der Waals surface area contributed by atoms with Gasteiger partial charge in [0.2, 0.25) is 11.8 Å². The van der Waals surface area contributed by atoms with Gasteiger partial charge >= 0.3 is 0 Å². The maximum absolute atomic E-state index is 13.7. The highest BCUT2D eigenvalue weighted by molar-refractivity contribution is 9.10. The van der Waals surface area contributed by atoms with Crippen molar-refractivity contribution in [3.8, 4) is 0 Å². The fourth-order valence-corrected chi connectivity index (χ4v) is 2.79. The minimum Gasteiger partial charge on any atom is -0.329 e. The summed E-state index contributed by atoms with van der Waals surface area (Å²) in [5.74, 6) is -1.03. The van der Waals surface area contributed by atoms with Crippen LogP contribution in [0.1, 0.15) is 18.1 Å². The zero-order valence-corrected chi connectivity index (χ0v) is 15.1. The number of hydrogen-bond acceptors (Lipinski definition) is 2. The van der Waals surface area contributed by atoms with E-state index in [1.165, 1.54) is 17.9 Å². The molecule has 0 saturated carbocycles. The Morgan fingerprint density at radius 1 is 1.21 bits per heavy atom. The number of carbonyl (C=O) groups is 2. The summed E-state index contributed by atoms with van der Waals surface area (Å²) in [5, 5.41) is 2.75. The standard InChI is InChI=1S/C18H18BrFN2O2/c1-12-7-8-17(15(19)9-12)21-18(24)11-22(13(2)23)10-14-5-3-4-6-16(14)20/h3-9H,10-11H2,1-2H3,(H,21,24). The first-order chi connectivity index (χ1) is 11.4. The van der Waals surface area contributed by atoms with Crippen LogP contribution in [0, 0.1) is 12.7 Å². The molecule has 1 N–H and O–H groups in total. The summed E-state index contributed by atoms with van der Waals surface area (Å²) in [6.45, 7) is 3.20. The molecule has 2 aromatic carbocycles. The van der Waals surface area contributed by atoms with E-state index >= 15 is 0 Å². The number of carbonyl (C=O) groups excluding carboxylic acids is 2. The summed E-state index contributed by atoms with van der Waals surface area (Å²) in [6.07, 6.45) is 0. The summed E-state index contributed by atoms with van der Waals surface area (Å²) < 4.78 is 14.5. The molecule has 0 aromatic heterocycles. The first-order valence-electron chi connectivity index (χ1n) is 7.41. The van der Waals surface area contributed by atoms with Crippen molar-refractivity contribution in [1.82, 2.24) is 4.90 Å². The van der Waals surface area contributed by atoms with Crippen LogP contribution in [0.25, 0.3) is 0 Å². The number of aryl methyl sites for hydroxylation is 1. The van der Waals surface area contributed by atoms with E-state index < -0.39 is 5.82 Å². The molecule has 0 aliphatic carbocycles. The van der Waals surface area contributed by atoms with Gasteiger partial charge in [-0.3, -0.25) is 9.59 Å². The second kappa shape index (κ2) is 8.06. The van der Waals surface area contributed by atoms with Gasteiger partial charge in [0.25, 0.3) is 0 Å². The molecule has 6 heteroatoms. The van der Waals surface area contributed by atoms with Gasteiger partial charge in [0.1, 0.15) is 12.4 Å². The third kappa shape index (κ3) is 4.89. The van der Waals surface area contributed by atoms with Crippen molar-refractivity contribution in [1.29, 1.82) is 0 Å². The maximum atomic E-state index is 13.7. The molecule has 0 fully saturated rings. The molecule has 0 spiro atoms. The van der Waals surface area contributed by atoms with Gasteiger partial charge in [0.15, 0.2) is 0 Å². The van der Waals surface area contributed by atoms with Crippen LogP contribution in [-0.2, 0) is 16.1 Å². The van der Waals surface area contributed by atoms with Crippen LogP contribution in [-0.4, -0.2) is 23.3 Å². The Balaban J connectivity index is 2.06. The second-order valence-corrected chi connectivity index (χ2v) is 6.35. The van der Waals surface area contributed by atoms with Gasteiger partial charge in [-0.1, -0.05) is 24.3 Å². The van der Waals surface area contributed by atoms with Gasteiger partial charge in [-0.05, 0) is 46.6 Å². The summed E-state index contributed by atoms with van der Waals surface area (Å²) in [4.78, 5) is 25.3. The van der Waals surface area contributed by atoms with Crippen molar-refractivity contribution in [2.45, 2.75) is 20.4 Å². The van der Waals surface area contributed by atoms with Crippen molar-refractivity contribution in [2.24, 2.45) is 0 Å². The van der Waals surface area contributed by atoms with Crippen LogP contribution in [0.4, 0.5) is 10.1 Å². The molecule has 24 heavy (non-hydrogen) atoms. The van der Waals surface area contributed by atoms with E-state index in [1.807, 2.05) is 19.1 Å². The molecular formula is C18H18BrFN2O2. The Morgan fingerprint density at radius 3 is 2.54 bits per heavy atom. The largest absolute Gasteiger partial charge is 0.329 e. The molecule has 0 radical (unpaired) electrons. The predicted molar refractivity (Wildman–Crippen MR) is 95.0 cm³/mol. The number of anilines is 1. The summed E-state index contributed by atoms with van der Waals surface area (Å²) in [5.41, 5.74) is 2.06. The van der Waals surface area contributed by atoms with E-state index in [2.05, 4.69) is 21.2 Å². The number of nitrogens with zero attached hydrogens (tertiary/aromatic N) is 1. The van der Waals surface area contributed by atoms with Crippen LogP contribution < -0.4 is 5.32 Å². The minimum absolute atomic E-state index is 0.0461. The van der Waals surface area contributed by atoms with Gasteiger partial charge in [-0.25, -0.2) is 4.39 Å². The average molecular weight is 393 g/mol.